The Hall–Kier alpha value is -2.50. The van der Waals surface area contributed by atoms with E-state index in [1.54, 1.807) is 11.3 Å². The summed E-state index contributed by atoms with van der Waals surface area (Å²) in [6.07, 6.45) is 0.373. The fraction of sp³-hybridized carbons (Fsp3) is 0.143. The maximum absolute atomic E-state index is 12.5. The van der Waals surface area contributed by atoms with Crippen molar-refractivity contribution in [3.05, 3.63) is 70.6 Å². The molecular formula is C21H18N2OS2. The maximum Gasteiger partial charge on any atom is 0.229 e. The number of para-hydroxylation sites is 1. The standard InChI is InChI=1S/C21H18N2OS2/c1-13-7-8-15(11-14(13)2)12-19(24)23-20-16(9-10-25-20)21-22-17-5-3-4-6-18(17)26-21/h3-11H,12H2,1-2H3,(H,23,24). The molecule has 0 unspecified atom stereocenters. The van der Waals surface area contributed by atoms with Crippen molar-refractivity contribution in [2.75, 3.05) is 5.32 Å². The topological polar surface area (TPSA) is 42.0 Å². The van der Waals surface area contributed by atoms with E-state index in [-0.39, 0.29) is 5.91 Å². The van der Waals surface area contributed by atoms with Gasteiger partial charge in [0.05, 0.1) is 16.6 Å². The Morgan fingerprint density at radius 3 is 2.73 bits per heavy atom. The number of nitrogens with one attached hydrogen (secondary N) is 1. The minimum atomic E-state index is -0.00179. The lowest BCUT2D eigenvalue weighted by Crippen LogP contribution is -2.14. The number of carbonyl (C=O) groups is 1. The summed E-state index contributed by atoms with van der Waals surface area (Å²) in [5.74, 6) is -0.00179. The second-order valence-electron chi connectivity index (χ2n) is 6.29. The number of anilines is 1. The lowest BCUT2D eigenvalue weighted by Gasteiger charge is -2.07. The van der Waals surface area contributed by atoms with Crippen molar-refractivity contribution >= 4 is 43.8 Å². The van der Waals surface area contributed by atoms with Gasteiger partial charge < -0.3 is 5.32 Å². The highest BCUT2D eigenvalue weighted by atomic mass is 32.1. The first kappa shape index (κ1) is 16.9. The number of nitrogens with zero attached hydrogens (tertiary/aromatic N) is 1. The first-order valence-corrected chi connectivity index (χ1v) is 10.1. The van der Waals surface area contributed by atoms with Crippen molar-refractivity contribution in [2.45, 2.75) is 20.3 Å². The number of carbonyl (C=O) groups excluding carboxylic acids is 1. The molecule has 130 valence electrons. The zero-order valence-electron chi connectivity index (χ0n) is 14.6. The molecule has 0 saturated carbocycles. The van der Waals surface area contributed by atoms with Crippen molar-refractivity contribution in [3.63, 3.8) is 0 Å². The van der Waals surface area contributed by atoms with Gasteiger partial charge in [-0.2, -0.15) is 0 Å². The van der Waals surface area contributed by atoms with Crippen LogP contribution in [0.4, 0.5) is 5.00 Å². The molecule has 4 rings (SSSR count). The Bertz CT molecular complexity index is 1060. The monoisotopic (exact) mass is 378 g/mol. The quantitative estimate of drug-likeness (QED) is 0.486. The van der Waals surface area contributed by atoms with Gasteiger partial charge in [-0.15, -0.1) is 22.7 Å². The third-order valence-corrected chi connectivity index (χ3v) is 6.28. The molecule has 3 nitrogen and oxygen atoms in total. The van der Waals surface area contributed by atoms with E-state index in [4.69, 9.17) is 4.98 Å². The van der Waals surface area contributed by atoms with Crippen LogP contribution in [0.25, 0.3) is 20.8 Å². The third kappa shape index (κ3) is 3.41. The van der Waals surface area contributed by atoms with Gasteiger partial charge in [0.2, 0.25) is 5.91 Å². The van der Waals surface area contributed by atoms with Gasteiger partial charge >= 0.3 is 0 Å². The van der Waals surface area contributed by atoms with Gasteiger partial charge in [0.15, 0.2) is 0 Å². The minimum absolute atomic E-state index is 0.00179. The zero-order chi connectivity index (χ0) is 18.1. The molecule has 1 N–H and O–H groups in total. The van der Waals surface area contributed by atoms with Crippen molar-refractivity contribution in [1.29, 1.82) is 0 Å². The average Bonchev–Trinajstić information content (AvgIpc) is 3.24. The van der Waals surface area contributed by atoms with E-state index < -0.39 is 0 Å². The number of benzene rings is 2. The van der Waals surface area contributed by atoms with E-state index in [1.165, 1.54) is 22.5 Å². The lowest BCUT2D eigenvalue weighted by molar-refractivity contribution is -0.115. The first-order chi connectivity index (χ1) is 12.6. The van der Waals surface area contributed by atoms with Crippen LogP contribution in [0.15, 0.2) is 53.9 Å². The number of thiophene rings is 1. The van der Waals surface area contributed by atoms with Crippen LogP contribution in [-0.4, -0.2) is 10.9 Å². The lowest BCUT2D eigenvalue weighted by atomic mass is 10.0. The van der Waals surface area contributed by atoms with Crippen molar-refractivity contribution < 1.29 is 4.79 Å². The Kier molecular flexibility index (Phi) is 4.57. The van der Waals surface area contributed by atoms with Crippen molar-refractivity contribution in [1.82, 2.24) is 4.98 Å². The summed E-state index contributed by atoms with van der Waals surface area (Å²) in [5.41, 5.74) is 5.46. The predicted octanol–water partition coefficient (Wildman–Crippen LogP) is 5.82. The number of fused-ring (bicyclic) bond motifs is 1. The molecule has 0 aliphatic rings. The highest BCUT2D eigenvalue weighted by molar-refractivity contribution is 7.22. The second kappa shape index (κ2) is 7.02. The van der Waals surface area contributed by atoms with E-state index >= 15 is 0 Å². The smallest absolute Gasteiger partial charge is 0.229 e. The number of thiazole rings is 1. The number of hydrogen-bond donors (Lipinski definition) is 1. The normalized spacial score (nSPS) is 11.0. The zero-order valence-corrected chi connectivity index (χ0v) is 16.2. The Morgan fingerprint density at radius 2 is 1.92 bits per heavy atom. The molecule has 0 fully saturated rings. The average molecular weight is 379 g/mol. The van der Waals surface area contributed by atoms with Crippen molar-refractivity contribution in [2.24, 2.45) is 0 Å². The highest BCUT2D eigenvalue weighted by Crippen LogP contribution is 2.37. The summed E-state index contributed by atoms with van der Waals surface area (Å²) in [5, 5.41) is 6.85. The summed E-state index contributed by atoms with van der Waals surface area (Å²) in [6, 6.07) is 16.3. The third-order valence-electron chi connectivity index (χ3n) is 4.38. The van der Waals surface area contributed by atoms with Gasteiger partial charge in [0.1, 0.15) is 10.0 Å². The van der Waals surface area contributed by atoms with E-state index in [2.05, 4.69) is 37.4 Å². The molecule has 2 aromatic heterocycles. The van der Waals surface area contributed by atoms with Crippen LogP contribution >= 0.6 is 22.7 Å². The van der Waals surface area contributed by atoms with E-state index in [1.807, 2.05) is 35.7 Å². The molecule has 0 atom stereocenters. The number of hydrogen-bond acceptors (Lipinski definition) is 4. The largest absolute Gasteiger partial charge is 0.317 e. The van der Waals surface area contributed by atoms with Crippen LogP contribution in [0.1, 0.15) is 16.7 Å². The summed E-state index contributed by atoms with van der Waals surface area (Å²) in [6.45, 7) is 4.15. The fourth-order valence-electron chi connectivity index (χ4n) is 2.83. The molecule has 4 aromatic rings. The molecule has 0 bridgehead atoms. The van der Waals surface area contributed by atoms with Crippen LogP contribution in [0, 0.1) is 13.8 Å². The Morgan fingerprint density at radius 1 is 1.08 bits per heavy atom. The number of amides is 1. The van der Waals surface area contributed by atoms with Crippen LogP contribution in [0.5, 0.6) is 0 Å². The van der Waals surface area contributed by atoms with Gasteiger partial charge in [-0.25, -0.2) is 4.98 Å². The molecular weight excluding hydrogens is 360 g/mol. The molecule has 2 aromatic carbocycles. The summed E-state index contributed by atoms with van der Waals surface area (Å²) in [7, 11) is 0. The number of aromatic nitrogens is 1. The molecule has 1 amide bonds. The van der Waals surface area contributed by atoms with Crippen molar-refractivity contribution in [3.8, 4) is 10.6 Å². The molecule has 0 aliphatic carbocycles. The van der Waals surface area contributed by atoms with Gasteiger partial charge in [0.25, 0.3) is 0 Å². The first-order valence-electron chi connectivity index (χ1n) is 8.39. The van der Waals surface area contributed by atoms with Gasteiger partial charge in [-0.05, 0) is 54.1 Å². The molecule has 5 heteroatoms. The van der Waals surface area contributed by atoms with Crippen LogP contribution in [0.2, 0.25) is 0 Å². The number of rotatable bonds is 4. The summed E-state index contributed by atoms with van der Waals surface area (Å²) in [4.78, 5) is 17.2. The second-order valence-corrected chi connectivity index (χ2v) is 8.24. The highest BCUT2D eigenvalue weighted by Gasteiger charge is 2.14. The maximum atomic E-state index is 12.5. The molecule has 0 spiro atoms. The molecule has 26 heavy (non-hydrogen) atoms. The van der Waals surface area contributed by atoms with Gasteiger partial charge in [-0.3, -0.25) is 4.79 Å². The summed E-state index contributed by atoms with van der Waals surface area (Å²) >= 11 is 3.18. The molecule has 0 radical (unpaired) electrons. The van der Waals surface area contributed by atoms with E-state index in [9.17, 15) is 4.79 Å². The number of aryl methyl sites for hydroxylation is 2. The fourth-order valence-corrected chi connectivity index (χ4v) is 4.70. The van der Waals surface area contributed by atoms with Crippen LogP contribution < -0.4 is 5.32 Å². The van der Waals surface area contributed by atoms with E-state index in [0.717, 1.165) is 31.4 Å². The van der Waals surface area contributed by atoms with Gasteiger partial charge in [-0.1, -0.05) is 30.3 Å². The van der Waals surface area contributed by atoms with Crippen LogP contribution in [0.3, 0.4) is 0 Å². The van der Waals surface area contributed by atoms with Gasteiger partial charge in [0, 0.05) is 5.56 Å². The Labute approximate surface area is 160 Å². The van der Waals surface area contributed by atoms with E-state index in [0.29, 0.717) is 6.42 Å². The minimum Gasteiger partial charge on any atom is -0.317 e. The summed E-state index contributed by atoms with van der Waals surface area (Å²) < 4.78 is 1.15. The molecule has 0 saturated heterocycles. The molecule has 2 heterocycles. The van der Waals surface area contributed by atoms with Crippen LogP contribution in [-0.2, 0) is 11.2 Å². The SMILES string of the molecule is Cc1ccc(CC(=O)Nc2sccc2-c2nc3ccccc3s2)cc1C. The Balaban J connectivity index is 1.55. The molecule has 0 aliphatic heterocycles. The predicted molar refractivity (Wildman–Crippen MR) is 111 cm³/mol.